The summed E-state index contributed by atoms with van der Waals surface area (Å²) in [7, 11) is 0. The van der Waals surface area contributed by atoms with E-state index >= 15 is 0 Å². The van der Waals surface area contributed by atoms with Crippen LogP contribution in [0.3, 0.4) is 0 Å². The molecule has 2 aromatic rings. The van der Waals surface area contributed by atoms with Gasteiger partial charge in [0.1, 0.15) is 0 Å². The van der Waals surface area contributed by atoms with Crippen LogP contribution in [-0.4, -0.2) is 29.1 Å². The zero-order valence-corrected chi connectivity index (χ0v) is 10.8. The van der Waals surface area contributed by atoms with Crippen LogP contribution < -0.4 is 10.2 Å². The molecule has 0 aliphatic carbocycles. The van der Waals surface area contributed by atoms with Gasteiger partial charge in [-0.05, 0) is 25.0 Å². The van der Waals surface area contributed by atoms with Crippen LogP contribution in [0.25, 0.3) is 0 Å². The van der Waals surface area contributed by atoms with Crippen LogP contribution >= 0.6 is 0 Å². The summed E-state index contributed by atoms with van der Waals surface area (Å²) in [5.41, 5.74) is 1.20. The van der Waals surface area contributed by atoms with Crippen molar-refractivity contribution in [3.8, 4) is 0 Å². The fourth-order valence-electron chi connectivity index (χ4n) is 2.39. The SMILES string of the molecule is c1cnc(N2CCC(NCc3ccoc3)CC2)nc1. The second kappa shape index (κ2) is 5.84. The van der Waals surface area contributed by atoms with Crippen LogP contribution in [-0.2, 0) is 6.54 Å². The predicted molar refractivity (Wildman–Crippen MR) is 72.8 cm³/mol. The molecule has 1 fully saturated rings. The highest BCUT2D eigenvalue weighted by Crippen LogP contribution is 2.15. The summed E-state index contributed by atoms with van der Waals surface area (Å²) in [6, 6.07) is 4.41. The number of anilines is 1. The molecule has 0 bridgehead atoms. The molecule has 5 nitrogen and oxygen atoms in total. The van der Waals surface area contributed by atoms with Gasteiger partial charge < -0.3 is 14.6 Å². The second-order valence-electron chi connectivity index (χ2n) is 4.82. The summed E-state index contributed by atoms with van der Waals surface area (Å²) in [4.78, 5) is 10.8. The van der Waals surface area contributed by atoms with E-state index in [1.807, 2.05) is 12.1 Å². The molecule has 0 saturated carbocycles. The van der Waals surface area contributed by atoms with Gasteiger partial charge in [-0.1, -0.05) is 0 Å². The Morgan fingerprint density at radius 2 is 2.05 bits per heavy atom. The summed E-state index contributed by atoms with van der Waals surface area (Å²) in [6.07, 6.45) is 9.34. The third kappa shape index (κ3) is 3.12. The van der Waals surface area contributed by atoms with Gasteiger partial charge in [0.25, 0.3) is 0 Å². The first-order valence-corrected chi connectivity index (χ1v) is 6.68. The first kappa shape index (κ1) is 12.2. The zero-order valence-electron chi connectivity index (χ0n) is 10.8. The number of hydrogen-bond acceptors (Lipinski definition) is 5. The van der Waals surface area contributed by atoms with Crippen molar-refractivity contribution >= 4 is 5.95 Å². The monoisotopic (exact) mass is 258 g/mol. The van der Waals surface area contributed by atoms with E-state index in [1.165, 1.54) is 5.56 Å². The number of piperidine rings is 1. The Morgan fingerprint density at radius 3 is 2.74 bits per heavy atom. The van der Waals surface area contributed by atoms with Crippen molar-refractivity contribution in [2.24, 2.45) is 0 Å². The normalized spacial score (nSPS) is 16.7. The maximum absolute atomic E-state index is 5.06. The molecule has 1 N–H and O–H groups in total. The summed E-state index contributed by atoms with van der Waals surface area (Å²) >= 11 is 0. The van der Waals surface area contributed by atoms with E-state index in [0.717, 1.165) is 38.4 Å². The Labute approximate surface area is 112 Å². The molecule has 19 heavy (non-hydrogen) atoms. The molecule has 0 amide bonds. The van der Waals surface area contributed by atoms with Gasteiger partial charge in [0.2, 0.25) is 5.95 Å². The lowest BCUT2D eigenvalue weighted by atomic mass is 10.1. The number of nitrogens with one attached hydrogen (secondary N) is 1. The lowest BCUT2D eigenvalue weighted by Crippen LogP contribution is -2.42. The van der Waals surface area contributed by atoms with E-state index < -0.39 is 0 Å². The van der Waals surface area contributed by atoms with E-state index in [2.05, 4.69) is 20.2 Å². The molecular formula is C14H18N4O. The van der Waals surface area contributed by atoms with E-state index in [-0.39, 0.29) is 0 Å². The fourth-order valence-corrected chi connectivity index (χ4v) is 2.39. The molecule has 2 aromatic heterocycles. The Kier molecular flexibility index (Phi) is 3.74. The minimum atomic E-state index is 0.565. The zero-order chi connectivity index (χ0) is 12.9. The lowest BCUT2D eigenvalue weighted by molar-refractivity contribution is 0.410. The van der Waals surface area contributed by atoms with Gasteiger partial charge in [-0.2, -0.15) is 0 Å². The summed E-state index contributed by atoms with van der Waals surface area (Å²) in [6.45, 7) is 2.89. The Balaban J connectivity index is 1.47. The largest absolute Gasteiger partial charge is 0.472 e. The van der Waals surface area contributed by atoms with Crippen molar-refractivity contribution in [3.05, 3.63) is 42.6 Å². The van der Waals surface area contributed by atoms with Crippen LogP contribution in [0.15, 0.2) is 41.5 Å². The average Bonchev–Trinajstić information content (AvgIpc) is 3.00. The van der Waals surface area contributed by atoms with Crippen LogP contribution in [0.5, 0.6) is 0 Å². The molecule has 3 rings (SSSR count). The molecule has 5 heteroatoms. The van der Waals surface area contributed by atoms with E-state index in [9.17, 15) is 0 Å². The van der Waals surface area contributed by atoms with Crippen molar-refractivity contribution < 1.29 is 4.42 Å². The first-order valence-electron chi connectivity index (χ1n) is 6.68. The maximum atomic E-state index is 5.06. The lowest BCUT2D eigenvalue weighted by Gasteiger charge is -2.32. The number of hydrogen-bond donors (Lipinski definition) is 1. The van der Waals surface area contributed by atoms with Gasteiger partial charge in [0, 0.05) is 43.6 Å². The van der Waals surface area contributed by atoms with Crippen LogP contribution in [0.4, 0.5) is 5.95 Å². The van der Waals surface area contributed by atoms with Gasteiger partial charge >= 0.3 is 0 Å². The summed E-state index contributed by atoms with van der Waals surface area (Å²) in [5.74, 6) is 0.843. The Morgan fingerprint density at radius 1 is 1.26 bits per heavy atom. The molecule has 1 aliphatic rings. The number of rotatable bonds is 4. The van der Waals surface area contributed by atoms with Gasteiger partial charge in [-0.25, -0.2) is 9.97 Å². The molecule has 1 aliphatic heterocycles. The van der Waals surface area contributed by atoms with Gasteiger partial charge in [0.15, 0.2) is 0 Å². The first-order chi connectivity index (χ1) is 9.42. The smallest absolute Gasteiger partial charge is 0.225 e. The molecule has 0 spiro atoms. The highest BCUT2D eigenvalue weighted by Gasteiger charge is 2.20. The second-order valence-corrected chi connectivity index (χ2v) is 4.82. The quantitative estimate of drug-likeness (QED) is 0.906. The van der Waals surface area contributed by atoms with Gasteiger partial charge in [-0.3, -0.25) is 0 Å². The van der Waals surface area contributed by atoms with Crippen molar-refractivity contribution in [2.75, 3.05) is 18.0 Å². The van der Waals surface area contributed by atoms with Crippen LogP contribution in [0.2, 0.25) is 0 Å². The minimum Gasteiger partial charge on any atom is -0.472 e. The van der Waals surface area contributed by atoms with E-state index in [0.29, 0.717) is 6.04 Å². The minimum absolute atomic E-state index is 0.565. The van der Waals surface area contributed by atoms with Crippen molar-refractivity contribution in [1.29, 1.82) is 0 Å². The van der Waals surface area contributed by atoms with Crippen molar-refractivity contribution in [1.82, 2.24) is 15.3 Å². The third-order valence-electron chi connectivity index (χ3n) is 3.50. The molecule has 3 heterocycles. The fraction of sp³-hybridized carbons (Fsp3) is 0.429. The highest BCUT2D eigenvalue weighted by molar-refractivity contribution is 5.29. The number of furan rings is 1. The summed E-state index contributed by atoms with van der Waals surface area (Å²) < 4.78 is 5.06. The highest BCUT2D eigenvalue weighted by atomic mass is 16.3. The molecule has 0 atom stereocenters. The third-order valence-corrected chi connectivity index (χ3v) is 3.50. The maximum Gasteiger partial charge on any atom is 0.225 e. The topological polar surface area (TPSA) is 54.2 Å². The Hall–Kier alpha value is -1.88. The van der Waals surface area contributed by atoms with E-state index in [1.54, 1.807) is 24.9 Å². The Bertz CT molecular complexity index is 477. The molecule has 0 unspecified atom stereocenters. The average molecular weight is 258 g/mol. The molecule has 100 valence electrons. The van der Waals surface area contributed by atoms with Crippen LogP contribution in [0, 0.1) is 0 Å². The van der Waals surface area contributed by atoms with Crippen molar-refractivity contribution in [3.63, 3.8) is 0 Å². The summed E-state index contributed by atoms with van der Waals surface area (Å²) in [5, 5.41) is 3.57. The standard InChI is InChI=1S/C14H18N4O/c1-5-15-14(16-6-1)18-7-2-13(3-8-18)17-10-12-4-9-19-11-12/h1,4-6,9,11,13,17H,2-3,7-8,10H2. The molecular weight excluding hydrogens is 240 g/mol. The molecule has 0 aromatic carbocycles. The van der Waals surface area contributed by atoms with Crippen molar-refractivity contribution in [2.45, 2.75) is 25.4 Å². The van der Waals surface area contributed by atoms with Crippen LogP contribution in [0.1, 0.15) is 18.4 Å². The van der Waals surface area contributed by atoms with Gasteiger partial charge in [-0.15, -0.1) is 0 Å². The predicted octanol–water partition coefficient (Wildman–Crippen LogP) is 1.83. The molecule has 0 radical (unpaired) electrons. The molecule has 1 saturated heterocycles. The number of aromatic nitrogens is 2. The van der Waals surface area contributed by atoms with Gasteiger partial charge in [0.05, 0.1) is 12.5 Å². The van der Waals surface area contributed by atoms with E-state index in [4.69, 9.17) is 4.42 Å². The number of nitrogens with zero attached hydrogens (tertiary/aromatic N) is 3.